The van der Waals surface area contributed by atoms with Crippen molar-refractivity contribution in [3.05, 3.63) is 57.0 Å². The van der Waals surface area contributed by atoms with E-state index in [1.165, 1.54) is 13.3 Å². The van der Waals surface area contributed by atoms with Gasteiger partial charge in [0.15, 0.2) is 0 Å². The van der Waals surface area contributed by atoms with Gasteiger partial charge in [0, 0.05) is 14.5 Å². The fourth-order valence-electron chi connectivity index (χ4n) is 2.18. The molecule has 10 heteroatoms. The molecule has 0 aliphatic carbocycles. The first-order chi connectivity index (χ1) is 12.7. The number of nitrogens with one attached hydrogen (secondary N) is 1. The molecule has 0 unspecified atom stereocenters. The maximum absolute atomic E-state index is 12.2. The predicted molar refractivity (Wildman–Crippen MR) is 113 cm³/mol. The summed E-state index contributed by atoms with van der Waals surface area (Å²) in [4.78, 5) is 12.2. The van der Waals surface area contributed by atoms with E-state index in [-0.39, 0.29) is 0 Å². The summed E-state index contributed by atoms with van der Waals surface area (Å²) < 4.78 is 31.8. The van der Waals surface area contributed by atoms with Crippen LogP contribution in [0.2, 0.25) is 0 Å². The third-order valence-corrected chi connectivity index (χ3v) is 5.68. The zero-order chi connectivity index (χ0) is 20.0. The van der Waals surface area contributed by atoms with Gasteiger partial charge >= 0.3 is 0 Å². The van der Waals surface area contributed by atoms with Gasteiger partial charge in [0.05, 0.1) is 25.3 Å². The van der Waals surface area contributed by atoms with Gasteiger partial charge in [-0.05, 0) is 46.3 Å². The number of nitrogens with zero attached hydrogens (tertiary/aromatic N) is 2. The first kappa shape index (κ1) is 21.4. The van der Waals surface area contributed by atoms with Crippen molar-refractivity contribution in [1.82, 2.24) is 5.43 Å². The van der Waals surface area contributed by atoms with Crippen molar-refractivity contribution in [1.29, 1.82) is 0 Å². The third-order valence-electron chi connectivity index (χ3n) is 3.39. The van der Waals surface area contributed by atoms with Crippen LogP contribution in [0.15, 0.2) is 56.5 Å². The Kier molecular flexibility index (Phi) is 7.40. The third kappa shape index (κ3) is 6.05. The van der Waals surface area contributed by atoms with Gasteiger partial charge in [-0.15, -0.1) is 0 Å². The van der Waals surface area contributed by atoms with Gasteiger partial charge in [-0.25, -0.2) is 13.8 Å². The number of sulfonamides is 1. The number of amides is 1. The molecule has 1 N–H and O–H groups in total. The fraction of sp³-hybridized carbons (Fsp3) is 0.176. The standard InChI is InChI=1S/C17H17Br2N3O4S/c1-26-16-8-7-13(18)9-12(16)10-20-21-17(23)11-22(27(2,24)25)15-6-4-3-5-14(15)19/h3-10H,11H2,1-2H3,(H,21,23)/b20-10-. The molecule has 27 heavy (non-hydrogen) atoms. The Labute approximate surface area is 174 Å². The van der Waals surface area contributed by atoms with Crippen molar-refractivity contribution in [3.63, 3.8) is 0 Å². The summed E-state index contributed by atoms with van der Waals surface area (Å²) in [5, 5.41) is 3.88. The van der Waals surface area contributed by atoms with E-state index in [0.29, 0.717) is 21.5 Å². The lowest BCUT2D eigenvalue weighted by molar-refractivity contribution is -0.119. The maximum atomic E-state index is 12.2. The van der Waals surface area contributed by atoms with Crippen molar-refractivity contribution in [2.45, 2.75) is 0 Å². The van der Waals surface area contributed by atoms with E-state index >= 15 is 0 Å². The number of hydrazone groups is 1. The quantitative estimate of drug-likeness (QED) is 0.450. The van der Waals surface area contributed by atoms with Crippen LogP contribution in [0.25, 0.3) is 0 Å². The Bertz CT molecular complexity index is 964. The summed E-state index contributed by atoms with van der Waals surface area (Å²) in [5.41, 5.74) is 3.35. The molecule has 0 radical (unpaired) electrons. The molecule has 0 aliphatic rings. The molecule has 0 atom stereocenters. The SMILES string of the molecule is COc1ccc(Br)cc1/C=N\NC(=O)CN(c1ccccc1Br)S(C)(=O)=O. The number of methoxy groups -OCH3 is 1. The molecule has 1 amide bonds. The Hall–Kier alpha value is -1.91. The van der Waals surface area contributed by atoms with Gasteiger partial charge in [-0.3, -0.25) is 9.10 Å². The van der Waals surface area contributed by atoms with E-state index < -0.39 is 22.5 Å². The van der Waals surface area contributed by atoms with E-state index in [1.807, 2.05) is 6.07 Å². The second-order valence-electron chi connectivity index (χ2n) is 5.40. The highest BCUT2D eigenvalue weighted by Gasteiger charge is 2.22. The zero-order valence-electron chi connectivity index (χ0n) is 14.5. The summed E-state index contributed by atoms with van der Waals surface area (Å²) in [6.07, 6.45) is 2.46. The van der Waals surface area contributed by atoms with Gasteiger partial charge < -0.3 is 4.74 Å². The van der Waals surface area contributed by atoms with Crippen molar-refractivity contribution in [3.8, 4) is 5.75 Å². The summed E-state index contributed by atoms with van der Waals surface area (Å²) in [5.74, 6) is 0.00330. The number of ether oxygens (including phenoxy) is 1. The van der Waals surface area contributed by atoms with Crippen LogP contribution in [0.4, 0.5) is 5.69 Å². The molecule has 0 saturated carbocycles. The van der Waals surface area contributed by atoms with Gasteiger partial charge in [-0.2, -0.15) is 5.10 Å². The normalized spacial score (nSPS) is 11.4. The predicted octanol–water partition coefficient (Wildman–Crippen LogP) is 3.14. The van der Waals surface area contributed by atoms with Crippen molar-refractivity contribution in [2.24, 2.45) is 5.10 Å². The molecule has 0 spiro atoms. The highest BCUT2D eigenvalue weighted by molar-refractivity contribution is 9.10. The van der Waals surface area contributed by atoms with E-state index in [1.54, 1.807) is 36.4 Å². The number of halogens is 2. The molecule has 2 aromatic rings. The lowest BCUT2D eigenvalue weighted by Gasteiger charge is -2.22. The Morgan fingerprint density at radius 1 is 1.26 bits per heavy atom. The Balaban J connectivity index is 2.13. The summed E-state index contributed by atoms with van der Waals surface area (Å²) in [7, 11) is -2.14. The smallest absolute Gasteiger partial charge is 0.260 e. The Morgan fingerprint density at radius 3 is 2.59 bits per heavy atom. The highest BCUT2D eigenvalue weighted by Crippen LogP contribution is 2.27. The number of hydrogen-bond acceptors (Lipinski definition) is 5. The minimum absolute atomic E-state index is 0.368. The van der Waals surface area contributed by atoms with Gasteiger partial charge in [-0.1, -0.05) is 28.1 Å². The van der Waals surface area contributed by atoms with Crippen LogP contribution in [-0.2, 0) is 14.8 Å². The highest BCUT2D eigenvalue weighted by atomic mass is 79.9. The Morgan fingerprint density at radius 2 is 1.96 bits per heavy atom. The number of para-hydroxylation sites is 1. The first-order valence-corrected chi connectivity index (χ1v) is 11.0. The van der Waals surface area contributed by atoms with Crippen LogP contribution in [0.5, 0.6) is 5.75 Å². The monoisotopic (exact) mass is 517 g/mol. The van der Waals surface area contributed by atoms with E-state index in [0.717, 1.165) is 15.0 Å². The average molecular weight is 519 g/mol. The van der Waals surface area contributed by atoms with Crippen LogP contribution in [0.3, 0.4) is 0 Å². The average Bonchev–Trinajstić information content (AvgIpc) is 2.60. The molecule has 0 aliphatic heterocycles. The van der Waals surface area contributed by atoms with Crippen LogP contribution in [0.1, 0.15) is 5.56 Å². The molecule has 2 rings (SSSR count). The van der Waals surface area contributed by atoms with Crippen LogP contribution in [-0.4, -0.2) is 40.4 Å². The van der Waals surface area contributed by atoms with Crippen LogP contribution < -0.4 is 14.5 Å². The number of carbonyl (C=O) groups is 1. The molecule has 144 valence electrons. The summed E-state index contributed by atoms with van der Waals surface area (Å²) in [6.45, 7) is -0.408. The molecular weight excluding hydrogens is 502 g/mol. The number of hydrogen-bond donors (Lipinski definition) is 1. The van der Waals surface area contributed by atoms with Gasteiger partial charge in [0.25, 0.3) is 5.91 Å². The lowest BCUT2D eigenvalue weighted by atomic mass is 10.2. The number of rotatable bonds is 7. The molecule has 0 aromatic heterocycles. The van der Waals surface area contributed by atoms with Crippen molar-refractivity contribution in [2.75, 3.05) is 24.2 Å². The molecule has 2 aromatic carbocycles. The maximum Gasteiger partial charge on any atom is 0.260 e. The number of benzene rings is 2. The first-order valence-electron chi connectivity index (χ1n) is 7.60. The molecule has 0 fully saturated rings. The fourth-order valence-corrected chi connectivity index (χ4v) is 4.04. The summed E-state index contributed by atoms with van der Waals surface area (Å²) in [6, 6.07) is 12.1. The van der Waals surface area contributed by atoms with E-state index in [4.69, 9.17) is 4.74 Å². The van der Waals surface area contributed by atoms with E-state index in [2.05, 4.69) is 42.4 Å². The lowest BCUT2D eigenvalue weighted by Crippen LogP contribution is -2.39. The summed E-state index contributed by atoms with van der Waals surface area (Å²) >= 11 is 6.65. The molecule has 7 nitrogen and oxygen atoms in total. The second-order valence-corrected chi connectivity index (χ2v) is 9.08. The second kappa shape index (κ2) is 9.34. The zero-order valence-corrected chi connectivity index (χ0v) is 18.5. The van der Waals surface area contributed by atoms with Gasteiger partial charge in [0.2, 0.25) is 10.0 Å². The molecule has 0 saturated heterocycles. The molecule has 0 heterocycles. The minimum Gasteiger partial charge on any atom is -0.496 e. The van der Waals surface area contributed by atoms with Crippen molar-refractivity contribution >= 4 is 59.7 Å². The topological polar surface area (TPSA) is 88.1 Å². The largest absolute Gasteiger partial charge is 0.496 e. The number of carbonyl (C=O) groups excluding carboxylic acids is 1. The number of anilines is 1. The van der Waals surface area contributed by atoms with E-state index in [9.17, 15) is 13.2 Å². The molecular formula is C17H17Br2N3O4S. The van der Waals surface area contributed by atoms with Crippen LogP contribution >= 0.6 is 31.9 Å². The molecule has 0 bridgehead atoms. The van der Waals surface area contributed by atoms with Gasteiger partial charge in [0.1, 0.15) is 12.3 Å². The van der Waals surface area contributed by atoms with Crippen molar-refractivity contribution < 1.29 is 17.9 Å². The van der Waals surface area contributed by atoms with Crippen LogP contribution in [0, 0.1) is 0 Å². The minimum atomic E-state index is -3.66.